The van der Waals surface area contributed by atoms with Crippen molar-refractivity contribution in [2.45, 2.75) is 59.2 Å². The minimum Gasteiger partial charge on any atom is -0.455 e. The average Bonchev–Trinajstić information content (AvgIpc) is 3.69. The summed E-state index contributed by atoms with van der Waals surface area (Å²) in [7, 11) is -1.37. The Balaban J connectivity index is 1.36. The zero-order valence-corrected chi connectivity index (χ0v) is 31.1. The summed E-state index contributed by atoms with van der Waals surface area (Å²) >= 11 is 0. The number of benzene rings is 6. The summed E-state index contributed by atoms with van der Waals surface area (Å²) in [6.45, 7) is 16.4. The molecule has 0 bridgehead atoms. The number of furan rings is 1. The summed E-state index contributed by atoms with van der Waals surface area (Å²) < 4.78 is 9.26. The van der Waals surface area contributed by atoms with E-state index in [0.717, 1.165) is 49.9 Å². The van der Waals surface area contributed by atoms with Crippen LogP contribution in [0, 0.1) is 0 Å². The molecule has 0 spiro atoms. The van der Waals surface area contributed by atoms with Crippen LogP contribution in [0.3, 0.4) is 0 Å². The molecule has 0 aliphatic carbocycles. The highest BCUT2D eigenvalue weighted by molar-refractivity contribution is 6.88. The van der Waals surface area contributed by atoms with Crippen LogP contribution in [0.4, 0.5) is 0 Å². The first-order chi connectivity index (χ1) is 24.1. The molecule has 0 aliphatic rings. The highest BCUT2D eigenvalue weighted by Crippen LogP contribution is 2.43. The van der Waals surface area contributed by atoms with Gasteiger partial charge in [0.05, 0.1) is 30.4 Å². The fourth-order valence-corrected chi connectivity index (χ4v) is 8.53. The van der Waals surface area contributed by atoms with Crippen molar-refractivity contribution in [2.24, 2.45) is 0 Å². The molecule has 50 heavy (non-hydrogen) atoms. The Morgan fingerprint density at radius 2 is 1.22 bits per heavy atom. The molecule has 0 amide bonds. The molecule has 3 nitrogen and oxygen atoms in total. The Bertz CT molecular complexity index is 2480. The maximum Gasteiger partial charge on any atom is 0.149 e. The van der Waals surface area contributed by atoms with E-state index in [1.165, 1.54) is 38.7 Å². The number of hydrogen-bond acceptors (Lipinski definition) is 2. The van der Waals surface area contributed by atoms with Crippen molar-refractivity contribution in [1.82, 2.24) is 9.55 Å². The summed E-state index contributed by atoms with van der Waals surface area (Å²) in [4.78, 5) is 5.36. The molecular weight excluding hydrogens is 625 g/mol. The second-order valence-corrected chi connectivity index (χ2v) is 20.3. The van der Waals surface area contributed by atoms with Crippen LogP contribution in [0.25, 0.3) is 72.3 Å². The molecule has 0 atom stereocenters. The maximum atomic E-state index is 6.85. The fraction of sp³-hybridized carbons (Fsp3) is 0.196. The monoisotopic (exact) mass is 668 g/mol. The van der Waals surface area contributed by atoms with Crippen molar-refractivity contribution >= 4 is 46.2 Å². The van der Waals surface area contributed by atoms with E-state index in [1.54, 1.807) is 0 Å². The van der Waals surface area contributed by atoms with Gasteiger partial charge in [0.15, 0.2) is 0 Å². The molecule has 0 aliphatic heterocycles. The van der Waals surface area contributed by atoms with E-state index in [1.807, 2.05) is 0 Å². The molecule has 4 heteroatoms. The zero-order chi connectivity index (χ0) is 34.7. The quantitative estimate of drug-likeness (QED) is 0.158. The van der Waals surface area contributed by atoms with Crippen molar-refractivity contribution in [1.29, 1.82) is 0 Å². The lowest BCUT2D eigenvalue weighted by atomic mass is 9.88. The van der Waals surface area contributed by atoms with Gasteiger partial charge in [-0.05, 0) is 87.7 Å². The fourth-order valence-electron chi connectivity index (χ4n) is 7.37. The number of para-hydroxylation sites is 3. The first-order valence-corrected chi connectivity index (χ1v) is 21.4. The van der Waals surface area contributed by atoms with Gasteiger partial charge in [0.1, 0.15) is 17.0 Å². The van der Waals surface area contributed by atoms with E-state index >= 15 is 0 Å². The van der Waals surface area contributed by atoms with Crippen LogP contribution in [0.5, 0.6) is 0 Å². The molecule has 0 saturated carbocycles. The largest absolute Gasteiger partial charge is 0.455 e. The normalized spacial score (nSPS) is 12.3. The lowest BCUT2D eigenvalue weighted by molar-refractivity contribution is 0.669. The Kier molecular flexibility index (Phi) is 7.88. The second-order valence-electron chi connectivity index (χ2n) is 15.3. The van der Waals surface area contributed by atoms with Gasteiger partial charge in [-0.3, -0.25) is 4.57 Å². The van der Waals surface area contributed by atoms with E-state index in [-0.39, 0.29) is 0 Å². The Hall–Kier alpha value is -5.19. The molecule has 2 aromatic heterocycles. The summed E-state index contributed by atoms with van der Waals surface area (Å²) in [6.07, 6.45) is 0. The molecule has 0 N–H and O–H groups in total. The summed E-state index contributed by atoms with van der Waals surface area (Å²) in [5.41, 5.74) is 13.5. The first kappa shape index (κ1) is 32.0. The summed E-state index contributed by atoms with van der Waals surface area (Å²) in [6, 6.07) is 46.3. The topological polar surface area (TPSA) is 31.0 Å². The number of hydrogen-bond donors (Lipinski definition) is 0. The van der Waals surface area contributed by atoms with Crippen LogP contribution >= 0.6 is 0 Å². The standard InChI is InChI=1S/C46H44N2OSi/c1-29(2)39-26-34(31-14-9-8-10-15-31)27-40(30(3)4)44(39)48-42-19-12-11-18-41(42)47-46(48)38-17-13-16-37-36-25-22-33(28-43(36)49-45(37)38)32-20-23-35(24-21-32)50(5,6)7/h8-30H,1-7H3. The van der Waals surface area contributed by atoms with Gasteiger partial charge in [0.25, 0.3) is 0 Å². The number of nitrogens with zero attached hydrogens (tertiary/aromatic N) is 2. The van der Waals surface area contributed by atoms with E-state index in [0.29, 0.717) is 11.8 Å². The van der Waals surface area contributed by atoms with Gasteiger partial charge in [-0.25, -0.2) is 4.98 Å². The van der Waals surface area contributed by atoms with Gasteiger partial charge in [-0.1, -0.05) is 137 Å². The van der Waals surface area contributed by atoms with Crippen molar-refractivity contribution < 1.29 is 4.42 Å². The van der Waals surface area contributed by atoms with Crippen molar-refractivity contribution in [3.05, 3.63) is 139 Å². The highest BCUT2D eigenvalue weighted by atomic mass is 28.3. The molecule has 248 valence electrons. The molecule has 8 rings (SSSR count). The first-order valence-electron chi connectivity index (χ1n) is 17.9. The van der Waals surface area contributed by atoms with Gasteiger partial charge < -0.3 is 4.42 Å². The smallest absolute Gasteiger partial charge is 0.149 e. The van der Waals surface area contributed by atoms with E-state index in [4.69, 9.17) is 9.40 Å². The SMILES string of the molecule is CC(C)c1cc(-c2ccccc2)cc(C(C)C)c1-n1c(-c2cccc3c2oc2cc(-c4ccc([Si](C)(C)C)cc4)ccc23)nc2ccccc21. The van der Waals surface area contributed by atoms with Gasteiger partial charge >= 0.3 is 0 Å². The summed E-state index contributed by atoms with van der Waals surface area (Å²) in [5, 5.41) is 3.68. The third kappa shape index (κ3) is 5.48. The predicted octanol–water partition coefficient (Wildman–Crippen LogP) is 12.7. The predicted molar refractivity (Wildman–Crippen MR) is 216 cm³/mol. The Labute approximate surface area is 296 Å². The molecule has 8 aromatic rings. The lowest BCUT2D eigenvalue weighted by Crippen LogP contribution is -2.37. The number of aromatic nitrogens is 2. The van der Waals surface area contributed by atoms with Crippen molar-refractivity contribution in [2.75, 3.05) is 0 Å². The minimum absolute atomic E-state index is 0.292. The molecule has 0 fully saturated rings. The second kappa shape index (κ2) is 12.3. The third-order valence-electron chi connectivity index (χ3n) is 10.1. The van der Waals surface area contributed by atoms with Crippen molar-refractivity contribution in [3.8, 4) is 39.3 Å². The molecule has 2 heterocycles. The van der Waals surface area contributed by atoms with Gasteiger partial charge in [0.2, 0.25) is 0 Å². The van der Waals surface area contributed by atoms with Crippen LogP contribution < -0.4 is 5.19 Å². The molecule has 6 aromatic carbocycles. The molecule has 0 radical (unpaired) electrons. The van der Waals surface area contributed by atoms with Gasteiger partial charge in [-0.15, -0.1) is 0 Å². The maximum absolute atomic E-state index is 6.85. The van der Waals surface area contributed by atoms with Gasteiger partial charge in [-0.2, -0.15) is 0 Å². The summed E-state index contributed by atoms with van der Waals surface area (Å²) in [5.74, 6) is 1.48. The van der Waals surface area contributed by atoms with Crippen LogP contribution in [0.1, 0.15) is 50.7 Å². The Morgan fingerprint density at radius 3 is 1.90 bits per heavy atom. The van der Waals surface area contributed by atoms with Crippen LogP contribution in [-0.4, -0.2) is 17.6 Å². The van der Waals surface area contributed by atoms with Crippen molar-refractivity contribution in [3.63, 3.8) is 0 Å². The van der Waals surface area contributed by atoms with Crippen LogP contribution in [0.15, 0.2) is 132 Å². The van der Waals surface area contributed by atoms with Crippen LogP contribution in [-0.2, 0) is 0 Å². The van der Waals surface area contributed by atoms with E-state index < -0.39 is 8.07 Å². The average molecular weight is 669 g/mol. The highest BCUT2D eigenvalue weighted by Gasteiger charge is 2.25. The number of imidazole rings is 1. The number of fused-ring (bicyclic) bond motifs is 4. The minimum atomic E-state index is -1.37. The van der Waals surface area contributed by atoms with E-state index in [9.17, 15) is 0 Å². The Morgan fingerprint density at radius 1 is 0.580 bits per heavy atom. The zero-order valence-electron chi connectivity index (χ0n) is 30.1. The lowest BCUT2D eigenvalue weighted by Gasteiger charge is -2.24. The third-order valence-corrected chi connectivity index (χ3v) is 12.2. The van der Waals surface area contributed by atoms with E-state index in [2.05, 4.69) is 179 Å². The molecule has 0 unspecified atom stereocenters. The van der Waals surface area contributed by atoms with Gasteiger partial charge in [0, 0.05) is 10.8 Å². The molecule has 0 saturated heterocycles. The number of rotatable bonds is 7. The van der Waals surface area contributed by atoms with Crippen LogP contribution in [0.2, 0.25) is 19.6 Å². The molecular formula is C46H44N2OSi.